The van der Waals surface area contributed by atoms with E-state index < -0.39 is 15.7 Å². The first-order chi connectivity index (χ1) is 13.4. The molecule has 2 aromatic heterocycles. The van der Waals surface area contributed by atoms with E-state index in [0.717, 1.165) is 17.0 Å². The lowest BCUT2D eigenvalue weighted by Crippen LogP contribution is -2.01. The smallest absolute Gasteiger partial charge is 0.216 e. The Bertz CT molecular complexity index is 1350. The van der Waals surface area contributed by atoms with Crippen molar-refractivity contribution >= 4 is 31.4 Å². The van der Waals surface area contributed by atoms with Crippen LogP contribution in [0.25, 0.3) is 21.3 Å². The maximum atomic E-state index is 13.4. The highest BCUT2D eigenvalue weighted by Gasteiger charge is 2.27. The second kappa shape index (κ2) is 6.82. The van der Waals surface area contributed by atoms with Crippen LogP contribution in [0.5, 0.6) is 0 Å². The molecule has 0 aliphatic heterocycles. The number of nitriles is 1. The van der Waals surface area contributed by atoms with Gasteiger partial charge in [-0.1, -0.05) is 18.2 Å². The summed E-state index contributed by atoms with van der Waals surface area (Å²) in [5, 5.41) is 9.81. The Balaban J connectivity index is 2.04. The zero-order valence-corrected chi connectivity index (χ0v) is 16.3. The van der Waals surface area contributed by atoms with Gasteiger partial charge in [-0.3, -0.25) is 0 Å². The van der Waals surface area contributed by atoms with Crippen LogP contribution >= 0.6 is 11.3 Å². The molecule has 0 aliphatic carbocycles. The number of thiophene rings is 1. The van der Waals surface area contributed by atoms with Crippen LogP contribution in [0.4, 0.5) is 4.39 Å². The molecule has 28 heavy (non-hydrogen) atoms. The monoisotopic (exact) mass is 408 g/mol. The highest BCUT2D eigenvalue weighted by atomic mass is 32.2. The van der Waals surface area contributed by atoms with Crippen molar-refractivity contribution in [3.05, 3.63) is 77.7 Å². The molecule has 2 heterocycles. The normalized spacial score (nSPS) is 11.5. The number of sulfone groups is 1. The Morgan fingerprint density at radius 1 is 1.07 bits per heavy atom. The zero-order chi connectivity index (χ0) is 19.9. The number of halogens is 1. The van der Waals surface area contributed by atoms with Crippen LogP contribution < -0.4 is 0 Å². The number of aryl methyl sites for hydroxylation is 1. The Morgan fingerprint density at radius 3 is 2.54 bits per heavy atom. The third kappa shape index (κ3) is 3.07. The molecule has 4 rings (SSSR count). The molecule has 0 saturated carbocycles. The van der Waals surface area contributed by atoms with Crippen LogP contribution in [0, 0.1) is 24.1 Å². The molecular weight excluding hydrogens is 395 g/mol. The fourth-order valence-corrected chi connectivity index (χ4v) is 6.16. The van der Waals surface area contributed by atoms with E-state index in [1.165, 1.54) is 24.3 Å². The fraction of sp³-hybridized carbons (Fsp3) is 0.0476. The van der Waals surface area contributed by atoms with Gasteiger partial charge in [0.25, 0.3) is 0 Å². The molecule has 0 unspecified atom stereocenters. The van der Waals surface area contributed by atoms with Crippen LogP contribution in [-0.2, 0) is 9.84 Å². The molecule has 0 bridgehead atoms. The lowest BCUT2D eigenvalue weighted by molar-refractivity contribution is 0.598. The van der Waals surface area contributed by atoms with Crippen molar-refractivity contribution in [1.82, 2.24) is 4.98 Å². The van der Waals surface area contributed by atoms with E-state index in [-0.39, 0.29) is 14.7 Å². The number of hydrogen-bond donors (Lipinski definition) is 0. The summed E-state index contributed by atoms with van der Waals surface area (Å²) in [6, 6.07) is 17.2. The maximum absolute atomic E-state index is 13.4. The molecule has 4 nitrogen and oxygen atoms in total. The molecule has 4 aromatic rings. The predicted molar refractivity (Wildman–Crippen MR) is 106 cm³/mol. The van der Waals surface area contributed by atoms with Gasteiger partial charge in [0.2, 0.25) is 9.84 Å². The Labute approximate surface area is 165 Å². The van der Waals surface area contributed by atoms with Crippen molar-refractivity contribution in [2.75, 3.05) is 0 Å². The number of hydrogen-bond acceptors (Lipinski definition) is 5. The number of rotatable bonds is 3. The minimum Gasteiger partial charge on any atom is -0.242 e. The van der Waals surface area contributed by atoms with Gasteiger partial charge in [-0.05, 0) is 55.0 Å². The summed E-state index contributed by atoms with van der Waals surface area (Å²) in [6.45, 7) is 1.83. The first-order valence-electron chi connectivity index (χ1n) is 8.31. The van der Waals surface area contributed by atoms with Crippen molar-refractivity contribution < 1.29 is 12.8 Å². The molecule has 0 aliphatic rings. The molecular formula is C21H13FN2O2S2. The van der Waals surface area contributed by atoms with Crippen LogP contribution in [0.2, 0.25) is 0 Å². The maximum Gasteiger partial charge on any atom is 0.216 e. The average Bonchev–Trinajstić information content (AvgIpc) is 3.08. The van der Waals surface area contributed by atoms with Gasteiger partial charge in [-0.2, -0.15) is 5.26 Å². The van der Waals surface area contributed by atoms with Gasteiger partial charge >= 0.3 is 0 Å². The first-order valence-corrected chi connectivity index (χ1v) is 10.6. The molecule has 0 atom stereocenters. The summed E-state index contributed by atoms with van der Waals surface area (Å²) < 4.78 is 40.4. The second-order valence-electron chi connectivity index (χ2n) is 6.22. The summed E-state index contributed by atoms with van der Waals surface area (Å²) in [4.78, 5) is 5.10. The van der Waals surface area contributed by atoms with Crippen LogP contribution in [0.1, 0.15) is 11.3 Å². The van der Waals surface area contributed by atoms with Crippen molar-refractivity contribution in [2.24, 2.45) is 0 Å². The SMILES string of the molecule is Cc1ccc2c(-c3ccc(F)cc3)c(S(=O)(=O)c3cccc(C#N)c3)sc2n1. The Hall–Kier alpha value is -3.08. The Morgan fingerprint density at radius 2 is 1.82 bits per heavy atom. The zero-order valence-electron chi connectivity index (χ0n) is 14.7. The molecule has 0 spiro atoms. The molecule has 0 radical (unpaired) electrons. The number of aromatic nitrogens is 1. The summed E-state index contributed by atoms with van der Waals surface area (Å²) >= 11 is 1.08. The second-order valence-corrected chi connectivity index (χ2v) is 9.36. The van der Waals surface area contributed by atoms with Gasteiger partial charge in [-0.15, -0.1) is 11.3 Å². The van der Waals surface area contributed by atoms with Crippen LogP contribution in [0.15, 0.2) is 69.8 Å². The van der Waals surface area contributed by atoms with Crippen molar-refractivity contribution in [2.45, 2.75) is 16.0 Å². The topological polar surface area (TPSA) is 70.8 Å². The van der Waals surface area contributed by atoms with E-state index in [4.69, 9.17) is 5.26 Å². The molecule has 0 N–H and O–H groups in total. The van der Waals surface area contributed by atoms with Crippen molar-refractivity contribution in [3.8, 4) is 17.2 Å². The van der Waals surface area contributed by atoms with E-state index in [2.05, 4.69) is 4.98 Å². The molecule has 138 valence electrons. The van der Waals surface area contributed by atoms with E-state index in [9.17, 15) is 12.8 Å². The van der Waals surface area contributed by atoms with Gasteiger partial charge in [0.1, 0.15) is 14.9 Å². The molecule has 0 amide bonds. The van der Waals surface area contributed by atoms with Gasteiger partial charge in [0.15, 0.2) is 0 Å². The predicted octanol–water partition coefficient (Wildman–Crippen LogP) is 5.12. The van der Waals surface area contributed by atoms with Crippen LogP contribution in [0.3, 0.4) is 0 Å². The van der Waals surface area contributed by atoms with Gasteiger partial charge in [0, 0.05) is 16.6 Å². The summed E-state index contributed by atoms with van der Waals surface area (Å²) in [7, 11) is -3.90. The van der Waals surface area contributed by atoms with E-state index >= 15 is 0 Å². The van der Waals surface area contributed by atoms with E-state index in [1.807, 2.05) is 25.1 Å². The van der Waals surface area contributed by atoms with Crippen LogP contribution in [-0.4, -0.2) is 13.4 Å². The third-order valence-corrected chi connectivity index (χ3v) is 7.68. The number of fused-ring (bicyclic) bond motifs is 1. The largest absolute Gasteiger partial charge is 0.242 e. The number of pyridine rings is 1. The standard InChI is InChI=1S/C21H13FN2O2S2/c1-13-5-10-18-19(15-6-8-16(22)9-7-15)21(27-20(18)24-13)28(25,26)17-4-2-3-14(11-17)12-23/h2-11H,1H3. The number of nitrogens with zero attached hydrogens (tertiary/aromatic N) is 2. The number of benzene rings is 2. The minimum absolute atomic E-state index is 0.0400. The molecule has 7 heteroatoms. The molecule has 0 saturated heterocycles. The van der Waals surface area contributed by atoms with Gasteiger partial charge < -0.3 is 0 Å². The van der Waals surface area contributed by atoms with Crippen molar-refractivity contribution in [3.63, 3.8) is 0 Å². The summed E-state index contributed by atoms with van der Waals surface area (Å²) in [5.74, 6) is -0.400. The highest BCUT2D eigenvalue weighted by molar-refractivity contribution is 7.93. The van der Waals surface area contributed by atoms with E-state index in [0.29, 0.717) is 21.3 Å². The average molecular weight is 408 g/mol. The molecule has 0 fully saturated rings. The summed E-state index contributed by atoms with van der Waals surface area (Å²) in [6.07, 6.45) is 0. The molecule has 2 aromatic carbocycles. The van der Waals surface area contributed by atoms with Gasteiger partial charge in [0.05, 0.1) is 16.5 Å². The highest BCUT2D eigenvalue weighted by Crippen LogP contribution is 2.43. The summed E-state index contributed by atoms with van der Waals surface area (Å²) in [5.41, 5.74) is 2.12. The minimum atomic E-state index is -3.90. The van der Waals surface area contributed by atoms with Crippen molar-refractivity contribution in [1.29, 1.82) is 5.26 Å². The Kier molecular flexibility index (Phi) is 4.46. The van der Waals surface area contributed by atoms with E-state index in [1.54, 1.807) is 24.3 Å². The lowest BCUT2D eigenvalue weighted by atomic mass is 10.1. The lowest BCUT2D eigenvalue weighted by Gasteiger charge is -2.07. The quantitative estimate of drug-likeness (QED) is 0.472. The van der Waals surface area contributed by atoms with Gasteiger partial charge in [-0.25, -0.2) is 17.8 Å². The first kappa shape index (κ1) is 18.3. The fourth-order valence-electron chi connectivity index (χ4n) is 2.97. The third-order valence-electron chi connectivity index (χ3n) is 4.31.